The van der Waals surface area contributed by atoms with Gasteiger partial charge >= 0.3 is 0 Å². The smallest absolute Gasteiger partial charge is 0.249 e. The maximum Gasteiger partial charge on any atom is 0.249 e. The Kier molecular flexibility index (Phi) is 6.79. The minimum Gasteiger partial charge on any atom is -0.299 e. The lowest BCUT2D eigenvalue weighted by Crippen LogP contribution is -2.45. The van der Waals surface area contributed by atoms with Crippen molar-refractivity contribution in [1.29, 1.82) is 0 Å². The van der Waals surface area contributed by atoms with Crippen molar-refractivity contribution >= 4 is 49.8 Å². The van der Waals surface area contributed by atoms with Crippen LogP contribution < -0.4 is 9.62 Å². The van der Waals surface area contributed by atoms with Crippen molar-refractivity contribution in [2.45, 2.75) is 30.6 Å². The highest BCUT2D eigenvalue weighted by molar-refractivity contribution is 8.01. The first kappa shape index (κ1) is 19.7. The largest absolute Gasteiger partial charge is 0.299 e. The van der Waals surface area contributed by atoms with Crippen molar-refractivity contribution in [2.75, 3.05) is 21.6 Å². The molecule has 0 radical (unpaired) electrons. The lowest BCUT2D eigenvalue weighted by molar-refractivity contribution is -0.116. The number of aromatic nitrogens is 2. The first-order chi connectivity index (χ1) is 11.8. The Hall–Kier alpha value is -1.65. The highest BCUT2D eigenvalue weighted by atomic mass is 32.2. The summed E-state index contributed by atoms with van der Waals surface area (Å²) in [6.07, 6.45) is 2.09. The van der Waals surface area contributed by atoms with Crippen molar-refractivity contribution in [3.05, 3.63) is 30.3 Å². The summed E-state index contributed by atoms with van der Waals surface area (Å²) in [6, 6.07) is 7.60. The molecule has 25 heavy (non-hydrogen) atoms. The standard InChI is InChI=1S/C15H20N4O3S3/c1-4-10-23-15-18-17-14(24-15)16-13(20)11(2)19(25(3,21)22)12-8-6-5-7-9-12/h5-9,11H,4,10H2,1-3H3,(H,16,17,20)/t11-/m1/s1. The van der Waals surface area contributed by atoms with Crippen LogP contribution in [-0.2, 0) is 14.8 Å². The predicted octanol–water partition coefficient (Wildman–Crippen LogP) is 2.83. The van der Waals surface area contributed by atoms with Gasteiger partial charge in [0, 0.05) is 5.75 Å². The number of amides is 1. The zero-order chi connectivity index (χ0) is 18.4. The van der Waals surface area contributed by atoms with Crippen LogP contribution in [0.25, 0.3) is 0 Å². The number of thioether (sulfide) groups is 1. The number of hydrogen-bond donors (Lipinski definition) is 1. The lowest BCUT2D eigenvalue weighted by atomic mass is 10.2. The van der Waals surface area contributed by atoms with Crippen molar-refractivity contribution in [1.82, 2.24) is 10.2 Å². The molecule has 0 saturated carbocycles. The van der Waals surface area contributed by atoms with Crippen molar-refractivity contribution in [2.24, 2.45) is 0 Å². The van der Waals surface area contributed by atoms with Gasteiger partial charge in [-0.3, -0.25) is 14.4 Å². The number of rotatable bonds is 8. The Balaban J connectivity index is 2.15. The van der Waals surface area contributed by atoms with Gasteiger partial charge in [0.25, 0.3) is 0 Å². The van der Waals surface area contributed by atoms with Crippen LogP contribution >= 0.6 is 23.1 Å². The Morgan fingerprint density at radius 1 is 1.32 bits per heavy atom. The molecule has 7 nitrogen and oxygen atoms in total. The summed E-state index contributed by atoms with van der Waals surface area (Å²) in [4.78, 5) is 12.5. The number of nitrogens with zero attached hydrogens (tertiary/aromatic N) is 3. The quantitative estimate of drug-likeness (QED) is 0.541. The van der Waals surface area contributed by atoms with Crippen molar-refractivity contribution < 1.29 is 13.2 Å². The molecule has 0 spiro atoms. The van der Waals surface area contributed by atoms with E-state index in [1.54, 1.807) is 42.1 Å². The molecule has 1 amide bonds. The van der Waals surface area contributed by atoms with Gasteiger partial charge in [0.2, 0.25) is 21.1 Å². The summed E-state index contributed by atoms with van der Waals surface area (Å²) >= 11 is 2.85. The van der Waals surface area contributed by atoms with E-state index in [-0.39, 0.29) is 0 Å². The molecule has 2 rings (SSSR count). The first-order valence-corrected chi connectivity index (χ1v) is 11.3. The second-order valence-corrected chi connectivity index (χ2v) is 9.46. The molecule has 0 saturated heterocycles. The minimum absolute atomic E-state index is 0.358. The summed E-state index contributed by atoms with van der Waals surface area (Å²) in [7, 11) is -3.63. The fourth-order valence-electron chi connectivity index (χ4n) is 2.10. The van der Waals surface area contributed by atoms with Gasteiger partial charge in [-0.15, -0.1) is 10.2 Å². The predicted molar refractivity (Wildman–Crippen MR) is 103 cm³/mol. The number of carbonyl (C=O) groups is 1. The lowest BCUT2D eigenvalue weighted by Gasteiger charge is -2.27. The monoisotopic (exact) mass is 400 g/mol. The van der Waals surface area contributed by atoms with Crippen LogP contribution in [0.1, 0.15) is 20.3 Å². The number of benzene rings is 1. The molecule has 136 valence electrons. The van der Waals surface area contributed by atoms with E-state index in [9.17, 15) is 13.2 Å². The molecule has 10 heteroatoms. The highest BCUT2D eigenvalue weighted by Crippen LogP contribution is 2.26. The van der Waals surface area contributed by atoms with Gasteiger partial charge in [0.15, 0.2) is 4.34 Å². The van der Waals surface area contributed by atoms with Crippen LogP contribution in [0.4, 0.5) is 10.8 Å². The zero-order valence-electron chi connectivity index (χ0n) is 14.2. The summed E-state index contributed by atoms with van der Waals surface area (Å²) in [5.74, 6) is 0.465. The molecule has 0 bridgehead atoms. The normalized spacial score (nSPS) is 12.6. The van der Waals surface area contributed by atoms with Crippen molar-refractivity contribution in [3.8, 4) is 0 Å². The zero-order valence-corrected chi connectivity index (χ0v) is 16.6. The molecule has 1 aromatic heterocycles. The second kappa shape index (κ2) is 8.63. The Bertz CT molecular complexity index is 808. The van der Waals surface area contributed by atoms with E-state index in [2.05, 4.69) is 22.4 Å². The highest BCUT2D eigenvalue weighted by Gasteiger charge is 2.29. The van der Waals surface area contributed by atoms with Gasteiger partial charge in [-0.1, -0.05) is 48.2 Å². The molecule has 1 heterocycles. The van der Waals surface area contributed by atoms with Gasteiger partial charge in [0.1, 0.15) is 6.04 Å². The number of hydrogen-bond acceptors (Lipinski definition) is 7. The number of carbonyl (C=O) groups excluding carboxylic acids is 1. The van der Waals surface area contributed by atoms with E-state index < -0.39 is 22.0 Å². The molecule has 1 atom stereocenters. The third kappa shape index (κ3) is 5.41. The molecule has 0 aliphatic heterocycles. The number of anilines is 2. The molecule has 1 aromatic carbocycles. The van der Waals surface area contributed by atoms with Gasteiger partial charge in [0.05, 0.1) is 11.9 Å². The van der Waals surface area contributed by atoms with E-state index in [1.807, 2.05) is 0 Å². The van der Waals surface area contributed by atoms with Crippen LogP contribution in [-0.4, -0.2) is 42.6 Å². The molecular formula is C15H20N4O3S3. The summed E-state index contributed by atoms with van der Waals surface area (Å²) in [5, 5.41) is 10.9. The third-order valence-corrected chi connectivity index (χ3v) is 6.58. The minimum atomic E-state index is -3.63. The summed E-state index contributed by atoms with van der Waals surface area (Å²) < 4.78 is 26.2. The Morgan fingerprint density at radius 3 is 2.60 bits per heavy atom. The van der Waals surface area contributed by atoms with E-state index in [1.165, 1.54) is 18.3 Å². The van der Waals surface area contributed by atoms with Gasteiger partial charge < -0.3 is 0 Å². The maximum atomic E-state index is 12.5. The fraction of sp³-hybridized carbons (Fsp3) is 0.400. The topological polar surface area (TPSA) is 92.3 Å². The molecule has 0 aliphatic rings. The van der Waals surface area contributed by atoms with Gasteiger partial charge in [-0.05, 0) is 25.5 Å². The maximum absolute atomic E-state index is 12.5. The van der Waals surface area contributed by atoms with Crippen LogP contribution in [0.15, 0.2) is 34.7 Å². The van der Waals surface area contributed by atoms with Crippen LogP contribution in [0.2, 0.25) is 0 Å². The summed E-state index contributed by atoms with van der Waals surface area (Å²) in [5.41, 5.74) is 0.434. The van der Waals surface area contributed by atoms with E-state index >= 15 is 0 Å². The van der Waals surface area contributed by atoms with E-state index in [4.69, 9.17) is 0 Å². The first-order valence-electron chi connectivity index (χ1n) is 7.64. The summed E-state index contributed by atoms with van der Waals surface area (Å²) in [6.45, 7) is 3.61. The molecule has 0 fully saturated rings. The average Bonchev–Trinajstić information content (AvgIpc) is 3.00. The second-order valence-electron chi connectivity index (χ2n) is 5.28. The molecule has 1 N–H and O–H groups in total. The SMILES string of the molecule is CCCSc1nnc(NC(=O)[C@@H](C)N(c2ccccc2)S(C)(=O)=O)s1. The van der Waals surface area contributed by atoms with Gasteiger partial charge in [-0.25, -0.2) is 8.42 Å². The van der Waals surface area contributed by atoms with E-state index in [0.29, 0.717) is 10.8 Å². The number of nitrogens with one attached hydrogen (secondary N) is 1. The van der Waals surface area contributed by atoms with E-state index in [0.717, 1.165) is 27.1 Å². The number of sulfonamides is 1. The molecule has 2 aromatic rings. The van der Waals surface area contributed by atoms with Crippen LogP contribution in [0.3, 0.4) is 0 Å². The number of para-hydroxylation sites is 1. The van der Waals surface area contributed by atoms with Crippen LogP contribution in [0.5, 0.6) is 0 Å². The Labute approximate surface area is 155 Å². The molecule has 0 unspecified atom stereocenters. The molecule has 0 aliphatic carbocycles. The average molecular weight is 401 g/mol. The van der Waals surface area contributed by atoms with Gasteiger partial charge in [-0.2, -0.15) is 0 Å². The van der Waals surface area contributed by atoms with Crippen molar-refractivity contribution in [3.63, 3.8) is 0 Å². The fourth-order valence-corrected chi connectivity index (χ4v) is 4.96. The third-order valence-electron chi connectivity index (χ3n) is 3.17. The molecular weight excluding hydrogens is 380 g/mol. The van der Waals surface area contributed by atoms with Crippen LogP contribution in [0, 0.1) is 0 Å². The Morgan fingerprint density at radius 2 is 2.00 bits per heavy atom.